The normalized spacial score (nSPS) is 26.8. The lowest BCUT2D eigenvalue weighted by molar-refractivity contribution is -0.169. The van der Waals surface area contributed by atoms with Gasteiger partial charge in [0.15, 0.2) is 0 Å². The minimum Gasteiger partial charge on any atom is -0.462 e. The predicted molar refractivity (Wildman–Crippen MR) is 164 cm³/mol. The molecule has 242 valence electrons. The van der Waals surface area contributed by atoms with Crippen LogP contribution in [-0.2, 0) is 28.6 Å². The molecule has 0 saturated carbocycles. The monoisotopic (exact) mass is 593 g/mol. The van der Waals surface area contributed by atoms with Crippen molar-refractivity contribution < 1.29 is 28.6 Å². The summed E-state index contributed by atoms with van der Waals surface area (Å²) in [5, 5.41) is 10.8. The third-order valence-electron chi connectivity index (χ3n) is 8.50. The first-order chi connectivity index (χ1) is 18.8. The van der Waals surface area contributed by atoms with E-state index in [2.05, 4.69) is 99.0 Å². The number of carbonyl (C=O) groups is 3. The van der Waals surface area contributed by atoms with Gasteiger partial charge in [0.05, 0.1) is 18.8 Å². The van der Waals surface area contributed by atoms with E-state index in [0.717, 1.165) is 0 Å². The maximum Gasteiger partial charge on any atom is 0.310 e. The van der Waals surface area contributed by atoms with Gasteiger partial charge >= 0.3 is 17.9 Å². The average molecular weight is 594 g/mol. The molecule has 3 N–H and O–H groups in total. The molecule has 3 rings (SSSR count). The summed E-state index contributed by atoms with van der Waals surface area (Å²) in [6.07, 6.45) is 2.62. The molecule has 9 heteroatoms. The zero-order valence-electron chi connectivity index (χ0n) is 28.4. The van der Waals surface area contributed by atoms with Crippen molar-refractivity contribution in [1.29, 1.82) is 0 Å². The Bertz CT molecular complexity index is 913. The molecule has 3 aliphatic heterocycles. The van der Waals surface area contributed by atoms with E-state index in [-0.39, 0.29) is 64.4 Å². The van der Waals surface area contributed by atoms with Crippen molar-refractivity contribution in [2.75, 3.05) is 0 Å². The number of hydrogen-bond acceptors (Lipinski definition) is 9. The molecule has 0 aliphatic carbocycles. The van der Waals surface area contributed by atoms with E-state index in [4.69, 9.17) is 14.2 Å². The van der Waals surface area contributed by atoms with Crippen molar-refractivity contribution in [2.24, 2.45) is 5.92 Å². The van der Waals surface area contributed by atoms with Gasteiger partial charge in [0.25, 0.3) is 0 Å². The lowest BCUT2D eigenvalue weighted by Crippen LogP contribution is -2.60. The highest BCUT2D eigenvalue weighted by Crippen LogP contribution is 2.34. The number of piperidine rings is 3. The molecule has 0 atom stereocenters. The van der Waals surface area contributed by atoms with Gasteiger partial charge in [-0.15, -0.1) is 0 Å². The quantitative estimate of drug-likeness (QED) is 0.266. The van der Waals surface area contributed by atoms with Crippen molar-refractivity contribution in [2.45, 2.75) is 186 Å². The number of ether oxygens (including phenoxy) is 3. The minimum absolute atomic E-state index is 0.195. The zero-order chi connectivity index (χ0) is 31.9. The first kappa shape index (κ1) is 34.8. The zero-order valence-corrected chi connectivity index (χ0v) is 28.4. The smallest absolute Gasteiger partial charge is 0.310 e. The molecule has 0 aromatic heterocycles. The van der Waals surface area contributed by atoms with E-state index in [0.29, 0.717) is 38.5 Å². The summed E-state index contributed by atoms with van der Waals surface area (Å²) < 4.78 is 17.9. The Hall–Kier alpha value is -1.71. The van der Waals surface area contributed by atoms with Crippen LogP contribution < -0.4 is 16.0 Å². The third kappa shape index (κ3) is 10.8. The van der Waals surface area contributed by atoms with Crippen molar-refractivity contribution in [1.82, 2.24) is 16.0 Å². The molecule has 0 bridgehead atoms. The first-order valence-corrected chi connectivity index (χ1v) is 15.8. The molecule has 3 aliphatic rings. The van der Waals surface area contributed by atoms with E-state index in [1.807, 2.05) is 0 Å². The van der Waals surface area contributed by atoms with Crippen LogP contribution in [0.3, 0.4) is 0 Å². The number of carbonyl (C=O) groups excluding carboxylic acids is 3. The second-order valence-corrected chi connectivity index (χ2v) is 17.3. The van der Waals surface area contributed by atoms with Gasteiger partial charge in [0.2, 0.25) is 0 Å². The van der Waals surface area contributed by atoms with Gasteiger partial charge < -0.3 is 30.2 Å². The maximum absolute atomic E-state index is 13.6. The lowest BCUT2D eigenvalue weighted by Gasteiger charge is -2.46. The van der Waals surface area contributed by atoms with Crippen molar-refractivity contribution in [3.8, 4) is 0 Å². The van der Waals surface area contributed by atoms with Crippen LogP contribution in [0.15, 0.2) is 0 Å². The Labute approximate surface area is 254 Å². The highest BCUT2D eigenvalue weighted by Gasteiger charge is 2.43. The van der Waals surface area contributed by atoms with Gasteiger partial charge in [-0.25, -0.2) is 0 Å². The highest BCUT2D eigenvalue weighted by molar-refractivity contribution is 5.84. The fourth-order valence-electron chi connectivity index (χ4n) is 8.31. The summed E-state index contributed by atoms with van der Waals surface area (Å²) in [4.78, 5) is 40.2. The van der Waals surface area contributed by atoms with E-state index < -0.39 is 23.8 Å². The van der Waals surface area contributed by atoms with Gasteiger partial charge in [-0.3, -0.25) is 14.4 Å². The SMILES string of the molecule is CC1(C)CC(OC(=O)CC(CC(=O)OC2CC(C)(C)NC(C)(C)C2)C(=O)OC2CC(C)(C)NC(C)(C)C2)CC(C)(C)N1. The van der Waals surface area contributed by atoms with Crippen LogP contribution in [-0.4, -0.2) is 69.5 Å². The molecular formula is C33H59N3O6. The van der Waals surface area contributed by atoms with Crippen LogP contribution >= 0.6 is 0 Å². The Morgan fingerprint density at radius 3 is 1.00 bits per heavy atom. The van der Waals surface area contributed by atoms with E-state index in [1.54, 1.807) is 0 Å². The molecule has 3 heterocycles. The fraction of sp³-hybridized carbons (Fsp3) is 0.909. The largest absolute Gasteiger partial charge is 0.462 e. The number of esters is 3. The van der Waals surface area contributed by atoms with Gasteiger partial charge in [0, 0.05) is 71.8 Å². The number of hydrogen-bond donors (Lipinski definition) is 3. The Morgan fingerprint density at radius 1 is 0.500 bits per heavy atom. The topological polar surface area (TPSA) is 115 Å². The molecule has 0 radical (unpaired) electrons. The Kier molecular flexibility index (Phi) is 9.93. The maximum atomic E-state index is 13.6. The van der Waals surface area contributed by atoms with Crippen LogP contribution in [0.4, 0.5) is 0 Å². The van der Waals surface area contributed by atoms with E-state index in [9.17, 15) is 14.4 Å². The molecule has 9 nitrogen and oxygen atoms in total. The van der Waals surface area contributed by atoms with Crippen molar-refractivity contribution >= 4 is 17.9 Å². The average Bonchev–Trinajstić information content (AvgIpc) is 2.65. The van der Waals surface area contributed by atoms with Gasteiger partial charge in [0.1, 0.15) is 18.3 Å². The molecule has 0 aromatic carbocycles. The van der Waals surface area contributed by atoms with Gasteiger partial charge in [-0.05, 0) is 83.1 Å². The van der Waals surface area contributed by atoms with Crippen LogP contribution in [0.25, 0.3) is 0 Å². The Balaban J connectivity index is 1.72. The highest BCUT2D eigenvalue weighted by atomic mass is 16.6. The fourth-order valence-corrected chi connectivity index (χ4v) is 8.31. The lowest BCUT2D eigenvalue weighted by atomic mass is 9.81. The first-order valence-electron chi connectivity index (χ1n) is 15.8. The minimum atomic E-state index is -0.975. The molecule has 0 aromatic rings. The molecule has 3 saturated heterocycles. The molecule has 42 heavy (non-hydrogen) atoms. The number of rotatable bonds is 8. The standard InChI is InChI=1S/C33H59N3O6/c1-28(2)15-22(16-29(3,4)34-28)40-25(37)13-21(27(39)42-24-19-32(9,10)36-33(11,12)20-24)14-26(38)41-23-17-30(5,6)35-31(7,8)18-23/h21-24,34-36H,13-20H2,1-12H3. The summed E-state index contributed by atoms with van der Waals surface area (Å²) >= 11 is 0. The second kappa shape index (κ2) is 12.0. The van der Waals surface area contributed by atoms with Crippen molar-refractivity contribution in [3.05, 3.63) is 0 Å². The van der Waals surface area contributed by atoms with Crippen LogP contribution in [0.5, 0.6) is 0 Å². The number of nitrogens with one attached hydrogen (secondary N) is 3. The van der Waals surface area contributed by atoms with E-state index in [1.165, 1.54) is 0 Å². The molecular weight excluding hydrogens is 534 g/mol. The third-order valence-corrected chi connectivity index (χ3v) is 8.50. The summed E-state index contributed by atoms with van der Waals surface area (Å²) in [7, 11) is 0. The summed E-state index contributed by atoms with van der Waals surface area (Å²) in [6, 6.07) is 0. The van der Waals surface area contributed by atoms with E-state index >= 15 is 0 Å². The predicted octanol–water partition coefficient (Wildman–Crippen LogP) is 4.94. The van der Waals surface area contributed by atoms with Gasteiger partial charge in [-0.1, -0.05) is 0 Å². The van der Waals surface area contributed by atoms with Crippen LogP contribution in [0, 0.1) is 5.92 Å². The summed E-state index contributed by atoms with van der Waals surface area (Å²) in [6.45, 7) is 25.1. The van der Waals surface area contributed by atoms with Crippen LogP contribution in [0.1, 0.15) is 134 Å². The summed E-state index contributed by atoms with van der Waals surface area (Å²) in [5.41, 5.74) is -1.22. The molecule has 0 amide bonds. The van der Waals surface area contributed by atoms with Gasteiger partial charge in [-0.2, -0.15) is 0 Å². The molecule has 3 fully saturated rings. The second-order valence-electron chi connectivity index (χ2n) is 17.3. The summed E-state index contributed by atoms with van der Waals surface area (Å²) in [5.74, 6) is -2.49. The Morgan fingerprint density at radius 2 is 0.738 bits per heavy atom. The van der Waals surface area contributed by atoms with Crippen molar-refractivity contribution in [3.63, 3.8) is 0 Å². The molecule has 0 spiro atoms. The van der Waals surface area contributed by atoms with Crippen LogP contribution in [0.2, 0.25) is 0 Å². The molecule has 0 unspecified atom stereocenters.